The largest absolute Gasteiger partial charge is 0.313 e. The molecule has 0 saturated heterocycles. The highest BCUT2D eigenvalue weighted by molar-refractivity contribution is 5.03. The van der Waals surface area contributed by atoms with E-state index in [1.54, 1.807) is 0 Å². The lowest BCUT2D eigenvalue weighted by atomic mass is 10.3. The van der Waals surface area contributed by atoms with Gasteiger partial charge in [0.15, 0.2) is 0 Å². The number of hydrogen-bond acceptors (Lipinski definition) is 3. The molecule has 1 heterocycles. The highest BCUT2D eigenvalue weighted by Crippen LogP contribution is 1.93. The Hall–Kier alpha value is -0.960. The molecule has 0 fully saturated rings. The molecule has 60 valence electrons. The van der Waals surface area contributed by atoms with Crippen molar-refractivity contribution in [3.05, 3.63) is 23.8 Å². The molecular weight excluding hydrogens is 138 g/mol. The molecule has 3 heteroatoms. The standard InChI is InChI=1S/C8H13N3/c1-3-9-4-8-5-10-7(2)11-6-8/h5-6,9H,3-4H2,1-2H3. The molecule has 1 aromatic rings. The lowest BCUT2D eigenvalue weighted by Gasteiger charge is -1.99. The lowest BCUT2D eigenvalue weighted by Crippen LogP contribution is -2.12. The second-order valence-corrected chi connectivity index (χ2v) is 2.42. The number of hydrogen-bond donors (Lipinski definition) is 1. The third-order valence-corrected chi connectivity index (χ3v) is 1.41. The van der Waals surface area contributed by atoms with Crippen LogP contribution in [0.5, 0.6) is 0 Å². The van der Waals surface area contributed by atoms with E-state index in [0.29, 0.717) is 0 Å². The number of aryl methyl sites for hydroxylation is 1. The van der Waals surface area contributed by atoms with Crippen LogP contribution in [0.4, 0.5) is 0 Å². The van der Waals surface area contributed by atoms with Crippen LogP contribution in [0.15, 0.2) is 12.4 Å². The molecule has 11 heavy (non-hydrogen) atoms. The first kappa shape index (κ1) is 8.14. The zero-order chi connectivity index (χ0) is 8.10. The van der Waals surface area contributed by atoms with Gasteiger partial charge >= 0.3 is 0 Å². The summed E-state index contributed by atoms with van der Waals surface area (Å²) >= 11 is 0. The maximum absolute atomic E-state index is 4.08. The Kier molecular flexibility index (Phi) is 2.98. The van der Waals surface area contributed by atoms with E-state index in [1.165, 1.54) is 0 Å². The molecule has 0 amide bonds. The Morgan fingerprint density at radius 2 is 2.00 bits per heavy atom. The summed E-state index contributed by atoms with van der Waals surface area (Å²) in [7, 11) is 0. The molecule has 0 aromatic carbocycles. The predicted octanol–water partition coefficient (Wildman–Crippen LogP) is 0.895. The first-order valence-electron chi connectivity index (χ1n) is 3.81. The third-order valence-electron chi connectivity index (χ3n) is 1.41. The fourth-order valence-electron chi connectivity index (χ4n) is 0.780. The van der Waals surface area contributed by atoms with Gasteiger partial charge in [-0.05, 0) is 13.5 Å². The molecule has 1 aromatic heterocycles. The van der Waals surface area contributed by atoms with E-state index < -0.39 is 0 Å². The Morgan fingerprint density at radius 3 is 2.55 bits per heavy atom. The first-order chi connectivity index (χ1) is 5.33. The first-order valence-corrected chi connectivity index (χ1v) is 3.81. The molecule has 1 N–H and O–H groups in total. The van der Waals surface area contributed by atoms with E-state index >= 15 is 0 Å². The number of aromatic nitrogens is 2. The van der Waals surface area contributed by atoms with E-state index in [4.69, 9.17) is 0 Å². The molecule has 0 atom stereocenters. The normalized spacial score (nSPS) is 10.0. The van der Waals surface area contributed by atoms with Crippen LogP contribution in [0.3, 0.4) is 0 Å². The Balaban J connectivity index is 2.52. The number of nitrogens with zero attached hydrogens (tertiary/aromatic N) is 2. The molecule has 0 radical (unpaired) electrons. The van der Waals surface area contributed by atoms with Crippen molar-refractivity contribution >= 4 is 0 Å². The average molecular weight is 151 g/mol. The van der Waals surface area contributed by atoms with E-state index in [-0.39, 0.29) is 0 Å². The monoisotopic (exact) mass is 151 g/mol. The van der Waals surface area contributed by atoms with E-state index in [0.717, 1.165) is 24.5 Å². The van der Waals surface area contributed by atoms with E-state index in [9.17, 15) is 0 Å². The van der Waals surface area contributed by atoms with Crippen LogP contribution in [0.1, 0.15) is 18.3 Å². The summed E-state index contributed by atoms with van der Waals surface area (Å²) in [6.45, 7) is 5.80. The molecule has 0 spiro atoms. The predicted molar refractivity (Wildman–Crippen MR) is 44.1 cm³/mol. The maximum atomic E-state index is 4.08. The van der Waals surface area contributed by atoms with E-state index in [1.807, 2.05) is 19.3 Å². The second-order valence-electron chi connectivity index (χ2n) is 2.42. The molecule has 0 saturated carbocycles. The Morgan fingerprint density at radius 1 is 1.36 bits per heavy atom. The second kappa shape index (κ2) is 4.03. The van der Waals surface area contributed by atoms with Gasteiger partial charge in [-0.2, -0.15) is 0 Å². The van der Waals surface area contributed by atoms with Gasteiger partial charge in [-0.3, -0.25) is 0 Å². The van der Waals surface area contributed by atoms with Crippen LogP contribution in [0.25, 0.3) is 0 Å². The Bertz CT molecular complexity index is 205. The quantitative estimate of drug-likeness (QED) is 0.697. The SMILES string of the molecule is CCNCc1cnc(C)nc1. The summed E-state index contributed by atoms with van der Waals surface area (Å²) < 4.78 is 0. The average Bonchev–Trinajstić information content (AvgIpc) is 2.04. The van der Waals surface area contributed by atoms with Crippen LogP contribution >= 0.6 is 0 Å². The van der Waals surface area contributed by atoms with Crippen molar-refractivity contribution in [1.29, 1.82) is 0 Å². The summed E-state index contributed by atoms with van der Waals surface area (Å²) in [4.78, 5) is 8.16. The molecule has 0 aliphatic rings. The van der Waals surface area contributed by atoms with Gasteiger partial charge in [0, 0.05) is 24.5 Å². The summed E-state index contributed by atoms with van der Waals surface area (Å²) in [5, 5.41) is 3.20. The minimum Gasteiger partial charge on any atom is -0.313 e. The minimum absolute atomic E-state index is 0.824. The van der Waals surface area contributed by atoms with Crippen LogP contribution in [0, 0.1) is 6.92 Å². The fourth-order valence-corrected chi connectivity index (χ4v) is 0.780. The van der Waals surface area contributed by atoms with Crippen LogP contribution in [0.2, 0.25) is 0 Å². The molecule has 0 bridgehead atoms. The summed E-state index contributed by atoms with van der Waals surface area (Å²) in [5.41, 5.74) is 1.14. The van der Waals surface area contributed by atoms with Gasteiger partial charge in [-0.25, -0.2) is 9.97 Å². The zero-order valence-electron chi connectivity index (χ0n) is 6.96. The van der Waals surface area contributed by atoms with Gasteiger partial charge in [0.2, 0.25) is 0 Å². The van der Waals surface area contributed by atoms with Gasteiger partial charge in [-0.1, -0.05) is 6.92 Å². The van der Waals surface area contributed by atoms with Gasteiger partial charge in [0.1, 0.15) is 5.82 Å². The van der Waals surface area contributed by atoms with Crippen molar-refractivity contribution in [1.82, 2.24) is 15.3 Å². The highest BCUT2D eigenvalue weighted by Gasteiger charge is 1.91. The summed E-state index contributed by atoms with van der Waals surface area (Å²) in [5.74, 6) is 0.824. The van der Waals surface area contributed by atoms with Crippen molar-refractivity contribution in [3.8, 4) is 0 Å². The molecule has 0 unspecified atom stereocenters. The van der Waals surface area contributed by atoms with Gasteiger partial charge in [0.05, 0.1) is 0 Å². The summed E-state index contributed by atoms with van der Waals surface area (Å²) in [6.07, 6.45) is 3.70. The Labute approximate surface area is 66.9 Å². The summed E-state index contributed by atoms with van der Waals surface area (Å²) in [6, 6.07) is 0. The van der Waals surface area contributed by atoms with Crippen LogP contribution in [-0.4, -0.2) is 16.5 Å². The molecule has 3 nitrogen and oxygen atoms in total. The highest BCUT2D eigenvalue weighted by atomic mass is 14.9. The topological polar surface area (TPSA) is 37.8 Å². The molecule has 0 aliphatic heterocycles. The number of nitrogens with one attached hydrogen (secondary N) is 1. The third kappa shape index (κ3) is 2.63. The van der Waals surface area contributed by atoms with Gasteiger partial charge in [-0.15, -0.1) is 0 Å². The van der Waals surface area contributed by atoms with Crippen molar-refractivity contribution in [3.63, 3.8) is 0 Å². The molecule has 0 aliphatic carbocycles. The lowest BCUT2D eigenvalue weighted by molar-refractivity contribution is 0.719. The van der Waals surface area contributed by atoms with Crippen molar-refractivity contribution in [2.45, 2.75) is 20.4 Å². The van der Waals surface area contributed by atoms with Gasteiger partial charge < -0.3 is 5.32 Å². The zero-order valence-corrected chi connectivity index (χ0v) is 6.96. The number of rotatable bonds is 3. The fraction of sp³-hybridized carbons (Fsp3) is 0.500. The van der Waals surface area contributed by atoms with Crippen molar-refractivity contribution < 1.29 is 0 Å². The van der Waals surface area contributed by atoms with Crippen molar-refractivity contribution in [2.75, 3.05) is 6.54 Å². The van der Waals surface area contributed by atoms with Crippen LogP contribution in [-0.2, 0) is 6.54 Å². The maximum Gasteiger partial charge on any atom is 0.125 e. The van der Waals surface area contributed by atoms with Crippen molar-refractivity contribution in [2.24, 2.45) is 0 Å². The van der Waals surface area contributed by atoms with Crippen LogP contribution < -0.4 is 5.32 Å². The van der Waals surface area contributed by atoms with E-state index in [2.05, 4.69) is 22.2 Å². The smallest absolute Gasteiger partial charge is 0.125 e. The molecule has 1 rings (SSSR count). The molecular formula is C8H13N3. The van der Waals surface area contributed by atoms with Gasteiger partial charge in [0.25, 0.3) is 0 Å². The minimum atomic E-state index is 0.824.